The smallest absolute Gasteiger partial charge is 0.317 e. The molecule has 0 aromatic carbocycles. The van der Waals surface area contributed by atoms with Gasteiger partial charge in [0.15, 0.2) is 0 Å². The third-order valence-electron chi connectivity index (χ3n) is 4.57. The van der Waals surface area contributed by atoms with Gasteiger partial charge in [-0.1, -0.05) is 0 Å². The molecule has 0 radical (unpaired) electrons. The van der Waals surface area contributed by atoms with E-state index in [1.165, 1.54) is 25.7 Å². The molecule has 2 aliphatic carbocycles. The number of carbonyl (C=O) groups excluding carboxylic acids is 1. The zero-order valence-corrected chi connectivity index (χ0v) is 11.8. The number of piperazine rings is 1. The van der Waals surface area contributed by atoms with Crippen LogP contribution in [-0.2, 0) is 4.79 Å². The number of carboxylic acid groups (broad SMARTS) is 1. The van der Waals surface area contributed by atoms with Gasteiger partial charge in [0.2, 0.25) is 0 Å². The van der Waals surface area contributed by atoms with Gasteiger partial charge < -0.3 is 15.3 Å². The second-order valence-electron chi connectivity index (χ2n) is 6.31. The van der Waals surface area contributed by atoms with Crippen molar-refractivity contribution in [3.8, 4) is 0 Å². The van der Waals surface area contributed by atoms with Crippen LogP contribution in [0.25, 0.3) is 0 Å². The summed E-state index contributed by atoms with van der Waals surface area (Å²) in [7, 11) is 0. The van der Waals surface area contributed by atoms with E-state index in [0.717, 1.165) is 0 Å². The normalized spacial score (nSPS) is 23.9. The zero-order valence-electron chi connectivity index (χ0n) is 11.8. The van der Waals surface area contributed by atoms with E-state index in [2.05, 4.69) is 5.32 Å². The van der Waals surface area contributed by atoms with Crippen LogP contribution in [0.2, 0.25) is 0 Å². The van der Waals surface area contributed by atoms with E-state index in [0.29, 0.717) is 44.1 Å². The van der Waals surface area contributed by atoms with Gasteiger partial charge in [0.25, 0.3) is 0 Å². The Morgan fingerprint density at radius 3 is 2.05 bits per heavy atom. The molecule has 3 rings (SSSR count). The fourth-order valence-corrected chi connectivity index (χ4v) is 3.07. The SMILES string of the molecule is O=C(O)CN1CCN(C(=O)NC(C2CC2)C2CC2)CC1. The van der Waals surface area contributed by atoms with E-state index in [9.17, 15) is 9.59 Å². The van der Waals surface area contributed by atoms with Crippen LogP contribution in [0.1, 0.15) is 25.7 Å². The molecule has 0 unspecified atom stereocenters. The van der Waals surface area contributed by atoms with E-state index < -0.39 is 5.97 Å². The van der Waals surface area contributed by atoms with E-state index in [4.69, 9.17) is 5.11 Å². The lowest BCUT2D eigenvalue weighted by Crippen LogP contribution is -2.54. The van der Waals surface area contributed by atoms with Crippen molar-refractivity contribution >= 4 is 12.0 Å². The second-order valence-corrected chi connectivity index (χ2v) is 6.31. The van der Waals surface area contributed by atoms with Crippen LogP contribution in [-0.4, -0.2) is 65.7 Å². The fourth-order valence-electron chi connectivity index (χ4n) is 3.07. The molecule has 20 heavy (non-hydrogen) atoms. The maximum absolute atomic E-state index is 12.3. The lowest BCUT2D eigenvalue weighted by molar-refractivity contribution is -0.138. The zero-order chi connectivity index (χ0) is 14.1. The lowest BCUT2D eigenvalue weighted by atomic mass is 10.1. The van der Waals surface area contributed by atoms with Crippen molar-refractivity contribution in [3.05, 3.63) is 0 Å². The molecular formula is C14H23N3O3. The van der Waals surface area contributed by atoms with Gasteiger partial charge in [-0.15, -0.1) is 0 Å². The number of nitrogens with one attached hydrogen (secondary N) is 1. The number of carbonyl (C=O) groups is 2. The molecule has 0 spiro atoms. The Hall–Kier alpha value is -1.30. The minimum atomic E-state index is -0.801. The van der Waals surface area contributed by atoms with Crippen LogP contribution in [0, 0.1) is 11.8 Å². The van der Waals surface area contributed by atoms with Crippen LogP contribution in [0.15, 0.2) is 0 Å². The van der Waals surface area contributed by atoms with Gasteiger partial charge >= 0.3 is 12.0 Å². The molecular weight excluding hydrogens is 258 g/mol. The van der Waals surface area contributed by atoms with Crippen molar-refractivity contribution in [2.24, 2.45) is 11.8 Å². The molecule has 1 saturated heterocycles. The third-order valence-corrected chi connectivity index (χ3v) is 4.57. The number of rotatable bonds is 5. The van der Waals surface area contributed by atoms with Gasteiger partial charge in [0.1, 0.15) is 0 Å². The first-order valence-corrected chi connectivity index (χ1v) is 7.63. The van der Waals surface area contributed by atoms with Crippen molar-refractivity contribution in [2.45, 2.75) is 31.7 Å². The molecule has 3 fully saturated rings. The molecule has 0 aromatic rings. The Labute approximate surface area is 119 Å². The van der Waals surface area contributed by atoms with Gasteiger partial charge in [0.05, 0.1) is 6.54 Å². The number of urea groups is 1. The van der Waals surface area contributed by atoms with Gasteiger partial charge in [-0.2, -0.15) is 0 Å². The van der Waals surface area contributed by atoms with E-state index >= 15 is 0 Å². The molecule has 1 aliphatic heterocycles. The quantitative estimate of drug-likeness (QED) is 0.773. The summed E-state index contributed by atoms with van der Waals surface area (Å²) in [6.07, 6.45) is 5.03. The maximum Gasteiger partial charge on any atom is 0.317 e. The monoisotopic (exact) mass is 281 g/mol. The predicted molar refractivity (Wildman–Crippen MR) is 73.4 cm³/mol. The highest BCUT2D eigenvalue weighted by molar-refractivity contribution is 5.75. The molecule has 1 heterocycles. The molecule has 6 nitrogen and oxygen atoms in total. The Morgan fingerprint density at radius 1 is 1.05 bits per heavy atom. The summed E-state index contributed by atoms with van der Waals surface area (Å²) < 4.78 is 0. The van der Waals surface area contributed by atoms with Crippen LogP contribution < -0.4 is 5.32 Å². The highest BCUT2D eigenvalue weighted by atomic mass is 16.4. The van der Waals surface area contributed by atoms with Crippen LogP contribution in [0.4, 0.5) is 4.79 Å². The number of amides is 2. The largest absolute Gasteiger partial charge is 0.480 e. The van der Waals surface area contributed by atoms with Crippen molar-refractivity contribution in [1.29, 1.82) is 0 Å². The first-order chi connectivity index (χ1) is 9.63. The van der Waals surface area contributed by atoms with Crippen LogP contribution in [0.5, 0.6) is 0 Å². The van der Waals surface area contributed by atoms with Gasteiger partial charge in [-0.25, -0.2) is 4.79 Å². The molecule has 2 amide bonds. The summed E-state index contributed by atoms with van der Waals surface area (Å²) in [5.41, 5.74) is 0. The lowest BCUT2D eigenvalue weighted by Gasteiger charge is -2.34. The Balaban J connectivity index is 1.45. The Kier molecular flexibility index (Phi) is 3.83. The summed E-state index contributed by atoms with van der Waals surface area (Å²) in [5, 5.41) is 12.0. The van der Waals surface area contributed by atoms with Gasteiger partial charge in [-0.05, 0) is 37.5 Å². The molecule has 112 valence electrons. The molecule has 3 aliphatic rings. The molecule has 6 heteroatoms. The fraction of sp³-hybridized carbons (Fsp3) is 0.857. The third kappa shape index (κ3) is 3.42. The Morgan fingerprint density at radius 2 is 1.60 bits per heavy atom. The van der Waals surface area contributed by atoms with Gasteiger partial charge in [-0.3, -0.25) is 9.69 Å². The highest BCUT2D eigenvalue weighted by Gasteiger charge is 2.42. The van der Waals surface area contributed by atoms with Crippen molar-refractivity contribution in [1.82, 2.24) is 15.1 Å². The maximum atomic E-state index is 12.3. The number of hydrogen-bond donors (Lipinski definition) is 2. The molecule has 0 bridgehead atoms. The summed E-state index contributed by atoms with van der Waals surface area (Å²) in [5.74, 6) is 0.616. The van der Waals surface area contributed by atoms with Crippen LogP contribution >= 0.6 is 0 Å². The van der Waals surface area contributed by atoms with Crippen LogP contribution in [0.3, 0.4) is 0 Å². The van der Waals surface area contributed by atoms with E-state index in [1.54, 1.807) is 0 Å². The summed E-state index contributed by atoms with van der Waals surface area (Å²) in [6, 6.07) is 0.434. The second kappa shape index (κ2) is 5.60. The first-order valence-electron chi connectivity index (χ1n) is 7.63. The van der Waals surface area contributed by atoms with Crippen molar-refractivity contribution in [3.63, 3.8) is 0 Å². The topological polar surface area (TPSA) is 72.9 Å². The highest BCUT2D eigenvalue weighted by Crippen LogP contribution is 2.44. The Bertz CT molecular complexity index is 373. The summed E-state index contributed by atoms with van der Waals surface area (Å²) in [6.45, 7) is 2.62. The predicted octanol–water partition coefficient (Wildman–Crippen LogP) is 0.587. The summed E-state index contributed by atoms with van der Waals surface area (Å²) in [4.78, 5) is 26.6. The van der Waals surface area contributed by atoms with Crippen molar-refractivity contribution < 1.29 is 14.7 Å². The number of nitrogens with zero attached hydrogens (tertiary/aromatic N) is 2. The standard InChI is InChI=1S/C14H23N3O3/c18-12(19)9-16-5-7-17(8-6-16)14(20)15-13(10-1-2-10)11-3-4-11/h10-11,13H,1-9H2,(H,15,20)(H,18,19). The molecule has 0 atom stereocenters. The van der Waals surface area contributed by atoms with E-state index in [-0.39, 0.29) is 12.6 Å². The minimum Gasteiger partial charge on any atom is -0.480 e. The average molecular weight is 281 g/mol. The molecule has 2 saturated carbocycles. The minimum absolute atomic E-state index is 0.0452. The number of hydrogen-bond acceptors (Lipinski definition) is 3. The molecule has 2 N–H and O–H groups in total. The van der Waals surface area contributed by atoms with E-state index in [1.807, 2.05) is 9.80 Å². The summed E-state index contributed by atoms with van der Waals surface area (Å²) >= 11 is 0. The van der Waals surface area contributed by atoms with Gasteiger partial charge in [0, 0.05) is 32.2 Å². The molecule has 0 aromatic heterocycles. The number of carboxylic acids is 1. The van der Waals surface area contributed by atoms with Crippen molar-refractivity contribution in [2.75, 3.05) is 32.7 Å². The number of aliphatic carboxylic acids is 1. The first kappa shape index (κ1) is 13.7. The average Bonchev–Trinajstić information content (AvgIpc) is 3.28.